The summed E-state index contributed by atoms with van der Waals surface area (Å²) in [5.41, 5.74) is 2.48. The third kappa shape index (κ3) is 2.45. The van der Waals surface area contributed by atoms with E-state index in [-0.39, 0.29) is 6.04 Å². The molecule has 0 spiro atoms. The van der Waals surface area contributed by atoms with Crippen molar-refractivity contribution in [1.82, 2.24) is 5.32 Å². The number of carbonyl (C=O) groups is 1. The zero-order valence-corrected chi connectivity index (χ0v) is 9.29. The molecule has 1 aromatic rings. The first-order valence-electron chi connectivity index (χ1n) is 5.49. The van der Waals surface area contributed by atoms with Crippen molar-refractivity contribution in [3.63, 3.8) is 0 Å². The van der Waals surface area contributed by atoms with Gasteiger partial charge in [0, 0.05) is 24.9 Å². The van der Waals surface area contributed by atoms with Gasteiger partial charge in [0.15, 0.2) is 0 Å². The van der Waals surface area contributed by atoms with Crippen LogP contribution in [-0.4, -0.2) is 11.8 Å². The van der Waals surface area contributed by atoms with Crippen LogP contribution in [0.15, 0.2) is 24.3 Å². The first-order chi connectivity index (χ1) is 7.15. The average Bonchev–Trinajstić information content (AvgIpc) is 2.16. The molecule has 0 aliphatic carbocycles. The van der Waals surface area contributed by atoms with Crippen molar-refractivity contribution in [3.8, 4) is 0 Å². The molecule has 1 aliphatic heterocycles. The molecule has 2 heteroatoms. The highest BCUT2D eigenvalue weighted by molar-refractivity contribution is 5.80. The first kappa shape index (κ1) is 10.4. The lowest BCUT2D eigenvalue weighted by Gasteiger charge is -2.28. The van der Waals surface area contributed by atoms with Crippen molar-refractivity contribution in [3.05, 3.63) is 35.4 Å². The van der Waals surface area contributed by atoms with Gasteiger partial charge < -0.3 is 5.32 Å². The molecule has 0 aromatic heterocycles. The third-order valence-electron chi connectivity index (χ3n) is 2.90. The zero-order chi connectivity index (χ0) is 10.8. The molecule has 2 unspecified atom stereocenters. The number of aryl methyl sites for hydroxylation is 1. The Balaban J connectivity index is 2.19. The van der Waals surface area contributed by atoms with Gasteiger partial charge in [-0.2, -0.15) is 0 Å². The minimum Gasteiger partial charge on any atom is -0.307 e. The van der Waals surface area contributed by atoms with Crippen LogP contribution < -0.4 is 5.32 Å². The van der Waals surface area contributed by atoms with Gasteiger partial charge in [-0.05, 0) is 19.4 Å². The number of hydrogen-bond donors (Lipinski definition) is 1. The Kier molecular flexibility index (Phi) is 2.87. The standard InChI is InChI=1S/C13H17NO/c1-9-4-3-5-11(6-9)13-8-12(15)7-10(2)14-13/h3-6,10,13-14H,7-8H2,1-2H3. The van der Waals surface area contributed by atoms with Crippen molar-refractivity contribution in [2.45, 2.75) is 38.8 Å². The highest BCUT2D eigenvalue weighted by Crippen LogP contribution is 2.23. The third-order valence-corrected chi connectivity index (χ3v) is 2.90. The maximum absolute atomic E-state index is 11.5. The smallest absolute Gasteiger partial charge is 0.136 e. The summed E-state index contributed by atoms with van der Waals surface area (Å²) < 4.78 is 0. The average molecular weight is 203 g/mol. The van der Waals surface area contributed by atoms with Gasteiger partial charge in [-0.25, -0.2) is 0 Å². The molecular formula is C13H17NO. The Morgan fingerprint density at radius 3 is 2.80 bits per heavy atom. The van der Waals surface area contributed by atoms with Crippen molar-refractivity contribution in [1.29, 1.82) is 0 Å². The number of nitrogens with one attached hydrogen (secondary N) is 1. The molecule has 1 N–H and O–H groups in total. The molecule has 2 rings (SSSR count). The molecule has 80 valence electrons. The summed E-state index contributed by atoms with van der Waals surface area (Å²) in [4.78, 5) is 11.5. The summed E-state index contributed by atoms with van der Waals surface area (Å²) in [5.74, 6) is 0.368. The number of hydrogen-bond acceptors (Lipinski definition) is 2. The van der Waals surface area contributed by atoms with Crippen LogP contribution in [0.25, 0.3) is 0 Å². The van der Waals surface area contributed by atoms with Gasteiger partial charge in [0.1, 0.15) is 5.78 Å². The van der Waals surface area contributed by atoms with Gasteiger partial charge >= 0.3 is 0 Å². The number of benzene rings is 1. The van der Waals surface area contributed by atoms with Crippen LogP contribution in [0.3, 0.4) is 0 Å². The van der Waals surface area contributed by atoms with Crippen LogP contribution in [0.5, 0.6) is 0 Å². The summed E-state index contributed by atoms with van der Waals surface area (Å²) >= 11 is 0. The largest absolute Gasteiger partial charge is 0.307 e. The number of Topliss-reactive ketones (excluding diaryl/α,β-unsaturated/α-hetero) is 1. The lowest BCUT2D eigenvalue weighted by atomic mass is 9.92. The predicted molar refractivity (Wildman–Crippen MR) is 60.8 cm³/mol. The van der Waals surface area contributed by atoms with E-state index in [0.717, 1.165) is 0 Å². The molecule has 1 fully saturated rings. The van der Waals surface area contributed by atoms with E-state index in [0.29, 0.717) is 24.7 Å². The number of ketones is 1. The number of piperidine rings is 1. The normalized spacial score (nSPS) is 26.7. The van der Waals surface area contributed by atoms with Crippen LogP contribution in [0.2, 0.25) is 0 Å². The van der Waals surface area contributed by atoms with E-state index in [1.807, 2.05) is 0 Å². The van der Waals surface area contributed by atoms with E-state index in [1.54, 1.807) is 0 Å². The fourth-order valence-corrected chi connectivity index (χ4v) is 2.21. The topological polar surface area (TPSA) is 29.1 Å². The van der Waals surface area contributed by atoms with Gasteiger partial charge in [-0.15, -0.1) is 0 Å². The Bertz CT molecular complexity index is 373. The minimum absolute atomic E-state index is 0.209. The zero-order valence-electron chi connectivity index (χ0n) is 9.29. The van der Waals surface area contributed by atoms with Gasteiger partial charge in [-0.3, -0.25) is 4.79 Å². The van der Waals surface area contributed by atoms with Crippen LogP contribution in [0, 0.1) is 6.92 Å². The molecule has 0 bridgehead atoms. The fourth-order valence-electron chi connectivity index (χ4n) is 2.21. The summed E-state index contributed by atoms with van der Waals surface area (Å²) in [6.07, 6.45) is 1.30. The first-order valence-corrected chi connectivity index (χ1v) is 5.49. The van der Waals surface area contributed by atoms with E-state index in [1.165, 1.54) is 11.1 Å². The van der Waals surface area contributed by atoms with E-state index < -0.39 is 0 Å². The highest BCUT2D eigenvalue weighted by Gasteiger charge is 2.24. The second-order valence-electron chi connectivity index (χ2n) is 4.48. The molecule has 15 heavy (non-hydrogen) atoms. The van der Waals surface area contributed by atoms with Crippen molar-refractivity contribution < 1.29 is 4.79 Å². The molecule has 0 amide bonds. The van der Waals surface area contributed by atoms with E-state index in [2.05, 4.69) is 43.4 Å². The fraction of sp³-hybridized carbons (Fsp3) is 0.462. The highest BCUT2D eigenvalue weighted by atomic mass is 16.1. The molecule has 1 heterocycles. The lowest BCUT2D eigenvalue weighted by Crippen LogP contribution is -2.38. The molecule has 1 aliphatic rings. The molecule has 2 atom stereocenters. The summed E-state index contributed by atoms with van der Waals surface area (Å²) in [7, 11) is 0. The SMILES string of the molecule is Cc1cccc(C2CC(=O)CC(C)N2)c1. The van der Waals surface area contributed by atoms with E-state index in [4.69, 9.17) is 0 Å². The van der Waals surface area contributed by atoms with Crippen LogP contribution in [0.4, 0.5) is 0 Å². The maximum atomic E-state index is 11.5. The summed E-state index contributed by atoms with van der Waals surface area (Å²) in [6, 6.07) is 8.89. The molecule has 1 saturated heterocycles. The van der Waals surface area contributed by atoms with E-state index in [9.17, 15) is 4.79 Å². The Morgan fingerprint density at radius 2 is 2.13 bits per heavy atom. The molecular weight excluding hydrogens is 186 g/mol. The second kappa shape index (κ2) is 4.15. The molecule has 2 nitrogen and oxygen atoms in total. The van der Waals surface area contributed by atoms with Crippen LogP contribution in [-0.2, 0) is 4.79 Å². The Hall–Kier alpha value is -1.15. The van der Waals surface area contributed by atoms with Gasteiger partial charge in [0.05, 0.1) is 0 Å². The Morgan fingerprint density at radius 1 is 1.33 bits per heavy atom. The van der Waals surface area contributed by atoms with Crippen molar-refractivity contribution in [2.75, 3.05) is 0 Å². The van der Waals surface area contributed by atoms with Crippen LogP contribution >= 0.6 is 0 Å². The van der Waals surface area contributed by atoms with Gasteiger partial charge in [0.25, 0.3) is 0 Å². The van der Waals surface area contributed by atoms with Gasteiger partial charge in [-0.1, -0.05) is 29.8 Å². The molecule has 0 saturated carbocycles. The van der Waals surface area contributed by atoms with Crippen molar-refractivity contribution in [2.24, 2.45) is 0 Å². The summed E-state index contributed by atoms with van der Waals surface area (Å²) in [5, 5.41) is 3.47. The van der Waals surface area contributed by atoms with Crippen LogP contribution in [0.1, 0.15) is 36.9 Å². The predicted octanol–water partition coefficient (Wildman–Crippen LogP) is 2.38. The summed E-state index contributed by atoms with van der Waals surface area (Å²) in [6.45, 7) is 4.15. The number of carbonyl (C=O) groups excluding carboxylic acids is 1. The molecule has 1 aromatic carbocycles. The van der Waals surface area contributed by atoms with Gasteiger partial charge in [0.2, 0.25) is 0 Å². The Labute approximate surface area is 90.7 Å². The second-order valence-corrected chi connectivity index (χ2v) is 4.48. The quantitative estimate of drug-likeness (QED) is 0.759. The lowest BCUT2D eigenvalue weighted by molar-refractivity contribution is -0.121. The monoisotopic (exact) mass is 203 g/mol. The van der Waals surface area contributed by atoms with E-state index >= 15 is 0 Å². The maximum Gasteiger partial charge on any atom is 0.136 e. The molecule has 0 radical (unpaired) electrons. The van der Waals surface area contributed by atoms with Crippen molar-refractivity contribution >= 4 is 5.78 Å². The number of rotatable bonds is 1. The minimum atomic E-state index is 0.209.